The summed E-state index contributed by atoms with van der Waals surface area (Å²) in [6.45, 7) is 3.93. The number of benzene rings is 1. The number of carbonyl (C=O) groups excluding carboxylic acids is 1. The fourth-order valence-electron chi connectivity index (χ4n) is 3.34. The minimum atomic E-state index is -0.0763. The van der Waals surface area contributed by atoms with E-state index in [1.54, 1.807) is 12.0 Å². The lowest BCUT2D eigenvalue weighted by molar-refractivity contribution is 0.175. The average molecular weight is 349 g/mol. The Bertz CT molecular complexity index is 538. The smallest absolute Gasteiger partial charge is 0.317 e. The molecule has 1 atom stereocenters. The van der Waals surface area contributed by atoms with E-state index in [1.165, 1.54) is 6.42 Å². The summed E-state index contributed by atoms with van der Waals surface area (Å²) < 4.78 is 5.38. The Morgan fingerprint density at radius 3 is 2.96 bits per heavy atom. The van der Waals surface area contributed by atoms with Crippen LogP contribution in [-0.2, 0) is 6.54 Å². The van der Waals surface area contributed by atoms with Crippen LogP contribution < -0.4 is 10.1 Å². The van der Waals surface area contributed by atoms with Crippen molar-refractivity contribution in [3.8, 4) is 5.75 Å². The summed E-state index contributed by atoms with van der Waals surface area (Å²) in [7, 11) is 3.76. The zero-order valence-electron chi connectivity index (χ0n) is 15.4. The SMILES string of the molecule is COc1ccccc1CN(CCCO)C(=O)NCC1CCCN(C)C1. The first-order valence-corrected chi connectivity index (χ1v) is 9.08. The van der Waals surface area contributed by atoms with Crippen molar-refractivity contribution >= 4 is 6.03 Å². The first kappa shape index (κ1) is 19.5. The number of nitrogens with one attached hydrogen (secondary N) is 1. The summed E-state index contributed by atoms with van der Waals surface area (Å²) in [6, 6.07) is 7.65. The Morgan fingerprint density at radius 1 is 1.44 bits per heavy atom. The number of aliphatic hydroxyl groups excluding tert-OH is 1. The van der Waals surface area contributed by atoms with Crippen LogP contribution in [0.3, 0.4) is 0 Å². The van der Waals surface area contributed by atoms with Crippen molar-refractivity contribution in [3.05, 3.63) is 29.8 Å². The summed E-state index contributed by atoms with van der Waals surface area (Å²) in [5.74, 6) is 1.28. The maximum Gasteiger partial charge on any atom is 0.317 e. The van der Waals surface area contributed by atoms with Crippen LogP contribution in [0.5, 0.6) is 5.75 Å². The van der Waals surface area contributed by atoms with Crippen molar-refractivity contribution in [2.75, 3.05) is 46.9 Å². The standard InChI is InChI=1S/C19H31N3O3/c1-21-10-5-7-16(14-21)13-20-19(24)22(11-6-12-23)15-17-8-3-4-9-18(17)25-2/h3-4,8-9,16,23H,5-7,10-15H2,1-2H3,(H,20,24). The van der Waals surface area contributed by atoms with E-state index in [4.69, 9.17) is 9.84 Å². The van der Waals surface area contributed by atoms with Crippen molar-refractivity contribution < 1.29 is 14.6 Å². The van der Waals surface area contributed by atoms with Gasteiger partial charge in [0.25, 0.3) is 0 Å². The lowest BCUT2D eigenvalue weighted by Gasteiger charge is -2.31. The predicted molar refractivity (Wildman–Crippen MR) is 98.7 cm³/mol. The molecule has 0 saturated carbocycles. The zero-order valence-corrected chi connectivity index (χ0v) is 15.4. The molecule has 1 aromatic carbocycles. The van der Waals surface area contributed by atoms with Gasteiger partial charge in [0, 0.05) is 31.8 Å². The highest BCUT2D eigenvalue weighted by Gasteiger charge is 2.20. The molecule has 0 bridgehead atoms. The van der Waals surface area contributed by atoms with E-state index >= 15 is 0 Å². The Morgan fingerprint density at radius 2 is 2.24 bits per heavy atom. The second-order valence-electron chi connectivity index (χ2n) is 6.77. The number of ether oxygens (including phenoxy) is 1. The van der Waals surface area contributed by atoms with Crippen LogP contribution >= 0.6 is 0 Å². The number of hydrogen-bond acceptors (Lipinski definition) is 4. The van der Waals surface area contributed by atoms with Crippen molar-refractivity contribution in [1.82, 2.24) is 15.1 Å². The van der Waals surface area contributed by atoms with E-state index in [1.807, 2.05) is 24.3 Å². The molecule has 1 saturated heterocycles. The first-order valence-electron chi connectivity index (χ1n) is 9.08. The molecule has 1 aromatic rings. The maximum atomic E-state index is 12.7. The van der Waals surface area contributed by atoms with Crippen LogP contribution in [0.4, 0.5) is 4.79 Å². The van der Waals surface area contributed by atoms with Gasteiger partial charge in [-0.3, -0.25) is 0 Å². The Kier molecular flexibility index (Phi) is 8.01. The van der Waals surface area contributed by atoms with Gasteiger partial charge in [-0.05, 0) is 44.8 Å². The van der Waals surface area contributed by atoms with Crippen LogP contribution in [0.25, 0.3) is 0 Å². The average Bonchev–Trinajstić information content (AvgIpc) is 2.63. The van der Waals surface area contributed by atoms with Gasteiger partial charge in [-0.2, -0.15) is 0 Å². The van der Waals surface area contributed by atoms with Gasteiger partial charge < -0.3 is 25.0 Å². The summed E-state index contributed by atoms with van der Waals surface area (Å²) in [5, 5.41) is 12.2. The molecule has 25 heavy (non-hydrogen) atoms. The molecule has 1 aliphatic rings. The molecule has 2 rings (SSSR count). The Balaban J connectivity index is 1.94. The third-order valence-corrected chi connectivity index (χ3v) is 4.69. The molecule has 1 unspecified atom stereocenters. The quantitative estimate of drug-likeness (QED) is 0.753. The van der Waals surface area contributed by atoms with Crippen LogP contribution in [0, 0.1) is 5.92 Å². The number of amides is 2. The summed E-state index contributed by atoms with van der Waals surface area (Å²) >= 11 is 0. The van der Waals surface area contributed by atoms with Gasteiger partial charge in [-0.25, -0.2) is 4.79 Å². The van der Waals surface area contributed by atoms with Crippen molar-refractivity contribution in [2.45, 2.75) is 25.8 Å². The topological polar surface area (TPSA) is 65.0 Å². The molecule has 0 aromatic heterocycles. The lowest BCUT2D eigenvalue weighted by atomic mass is 9.99. The molecule has 6 heteroatoms. The summed E-state index contributed by atoms with van der Waals surface area (Å²) in [5.41, 5.74) is 0.968. The zero-order chi connectivity index (χ0) is 18.1. The van der Waals surface area contributed by atoms with Gasteiger partial charge in [-0.1, -0.05) is 18.2 Å². The van der Waals surface area contributed by atoms with E-state index in [0.717, 1.165) is 30.8 Å². The number of aliphatic hydroxyl groups is 1. The monoisotopic (exact) mass is 349 g/mol. The third kappa shape index (κ3) is 6.21. The summed E-state index contributed by atoms with van der Waals surface area (Å²) in [6.07, 6.45) is 2.91. The minimum absolute atomic E-state index is 0.0725. The second-order valence-corrected chi connectivity index (χ2v) is 6.77. The molecule has 6 nitrogen and oxygen atoms in total. The Hall–Kier alpha value is -1.79. The molecule has 0 spiro atoms. The fourth-order valence-corrected chi connectivity index (χ4v) is 3.34. The largest absolute Gasteiger partial charge is 0.496 e. The number of urea groups is 1. The second kappa shape index (κ2) is 10.3. The molecule has 1 aliphatic heterocycles. The number of likely N-dealkylation sites (tertiary alicyclic amines) is 1. The van der Waals surface area contributed by atoms with Gasteiger partial charge in [0.1, 0.15) is 5.75 Å². The first-order chi connectivity index (χ1) is 12.1. The van der Waals surface area contributed by atoms with Gasteiger partial charge in [0.15, 0.2) is 0 Å². The van der Waals surface area contributed by atoms with E-state index < -0.39 is 0 Å². The number of carbonyl (C=O) groups is 1. The predicted octanol–water partition coefficient (Wildman–Crippen LogP) is 1.93. The van der Waals surface area contributed by atoms with Crippen LogP contribution in [0.2, 0.25) is 0 Å². The highest BCUT2D eigenvalue weighted by Crippen LogP contribution is 2.20. The number of hydrogen-bond donors (Lipinski definition) is 2. The third-order valence-electron chi connectivity index (χ3n) is 4.69. The van der Waals surface area contributed by atoms with Gasteiger partial charge in [0.2, 0.25) is 0 Å². The molecule has 140 valence electrons. The number of methoxy groups -OCH3 is 1. The van der Waals surface area contributed by atoms with Gasteiger partial charge in [-0.15, -0.1) is 0 Å². The van der Waals surface area contributed by atoms with Crippen LogP contribution in [-0.4, -0.2) is 67.9 Å². The van der Waals surface area contributed by atoms with Crippen LogP contribution in [0.1, 0.15) is 24.8 Å². The lowest BCUT2D eigenvalue weighted by Crippen LogP contribution is -2.44. The summed E-state index contributed by atoms with van der Waals surface area (Å²) in [4.78, 5) is 16.7. The Labute approximate surface area is 150 Å². The van der Waals surface area contributed by atoms with E-state index in [0.29, 0.717) is 32.0 Å². The molecular weight excluding hydrogens is 318 g/mol. The van der Waals surface area contributed by atoms with Crippen molar-refractivity contribution in [3.63, 3.8) is 0 Å². The molecular formula is C19H31N3O3. The van der Waals surface area contributed by atoms with Crippen molar-refractivity contribution in [1.29, 1.82) is 0 Å². The van der Waals surface area contributed by atoms with E-state index in [9.17, 15) is 4.79 Å². The van der Waals surface area contributed by atoms with E-state index in [2.05, 4.69) is 17.3 Å². The molecule has 0 aliphatic carbocycles. The normalized spacial score (nSPS) is 18.0. The van der Waals surface area contributed by atoms with Crippen molar-refractivity contribution in [2.24, 2.45) is 5.92 Å². The molecule has 1 heterocycles. The minimum Gasteiger partial charge on any atom is -0.496 e. The number of piperidine rings is 1. The molecule has 2 amide bonds. The molecule has 1 fully saturated rings. The highest BCUT2D eigenvalue weighted by molar-refractivity contribution is 5.74. The number of para-hydroxylation sites is 1. The van der Waals surface area contributed by atoms with Gasteiger partial charge in [0.05, 0.1) is 13.7 Å². The molecule has 0 radical (unpaired) electrons. The number of rotatable bonds is 8. The van der Waals surface area contributed by atoms with Crippen LogP contribution in [0.15, 0.2) is 24.3 Å². The fraction of sp³-hybridized carbons (Fsp3) is 0.632. The van der Waals surface area contributed by atoms with E-state index in [-0.39, 0.29) is 12.6 Å². The highest BCUT2D eigenvalue weighted by atomic mass is 16.5. The molecule has 2 N–H and O–H groups in total. The maximum absolute atomic E-state index is 12.7. The van der Waals surface area contributed by atoms with Gasteiger partial charge >= 0.3 is 6.03 Å². The number of nitrogens with zero attached hydrogens (tertiary/aromatic N) is 2.